The first-order valence-corrected chi connectivity index (χ1v) is 10.4. The summed E-state index contributed by atoms with van der Waals surface area (Å²) in [6.07, 6.45) is 1.56. The Labute approximate surface area is 174 Å². The maximum Gasteiger partial charge on any atom is 0.248 e. The van der Waals surface area contributed by atoms with Crippen molar-refractivity contribution in [2.75, 3.05) is 0 Å². The van der Waals surface area contributed by atoms with Gasteiger partial charge in [0, 0.05) is 21.9 Å². The van der Waals surface area contributed by atoms with E-state index in [1.54, 1.807) is 0 Å². The maximum atomic E-state index is 11.9. The molecular weight excluding hydrogens is 370 g/mol. The van der Waals surface area contributed by atoms with Crippen LogP contribution in [-0.4, -0.2) is 15.9 Å². The average Bonchev–Trinajstić information content (AvgIpc) is 3.23. The van der Waals surface area contributed by atoms with Gasteiger partial charge in [-0.25, -0.2) is 4.98 Å². The van der Waals surface area contributed by atoms with Gasteiger partial charge in [0.1, 0.15) is 5.82 Å². The Morgan fingerprint density at radius 3 is 2.07 bits per heavy atom. The summed E-state index contributed by atoms with van der Waals surface area (Å²) in [5, 5.41) is 4.71. The summed E-state index contributed by atoms with van der Waals surface area (Å²) < 4.78 is 0. The summed E-state index contributed by atoms with van der Waals surface area (Å²) in [6.45, 7) is 4.17. The predicted molar refractivity (Wildman–Crippen MR) is 124 cm³/mol. The van der Waals surface area contributed by atoms with Gasteiger partial charge in [0.05, 0.1) is 11.0 Å². The number of amides is 1. The number of benzene rings is 4. The first kappa shape index (κ1) is 18.4. The van der Waals surface area contributed by atoms with Crippen LogP contribution in [-0.2, 0) is 12.8 Å². The fourth-order valence-electron chi connectivity index (χ4n) is 4.70. The Balaban J connectivity index is 1.87. The molecule has 0 atom stereocenters. The first-order chi connectivity index (χ1) is 14.6. The molecule has 1 amide bonds. The van der Waals surface area contributed by atoms with Crippen molar-refractivity contribution in [1.29, 1.82) is 0 Å². The minimum absolute atomic E-state index is 0.380. The number of hydrogen-bond acceptors (Lipinski definition) is 2. The lowest BCUT2D eigenvalue weighted by molar-refractivity contribution is 0.0999. The predicted octanol–water partition coefficient (Wildman–Crippen LogP) is 5.76. The minimum atomic E-state index is -0.380. The molecule has 0 saturated carbocycles. The second-order valence-corrected chi connectivity index (χ2v) is 7.59. The largest absolute Gasteiger partial charge is 0.366 e. The van der Waals surface area contributed by atoms with Crippen LogP contribution in [0, 0.1) is 0 Å². The lowest BCUT2D eigenvalue weighted by Crippen LogP contribution is -2.15. The highest BCUT2D eigenvalue weighted by molar-refractivity contribution is 6.23. The second kappa shape index (κ2) is 6.99. The Hall–Kier alpha value is -3.66. The fourth-order valence-corrected chi connectivity index (χ4v) is 4.70. The SMILES string of the molecule is CCc1c(C(N)=O)ccc(-c2nc3c4ccccc4c4ccccc4c3[nH]2)c1CC. The number of H-pyrrole nitrogens is 1. The van der Waals surface area contributed by atoms with E-state index in [9.17, 15) is 4.79 Å². The van der Waals surface area contributed by atoms with Crippen molar-refractivity contribution in [3.8, 4) is 11.4 Å². The van der Waals surface area contributed by atoms with Gasteiger partial charge in [-0.1, -0.05) is 68.4 Å². The molecule has 4 heteroatoms. The number of primary amides is 1. The highest BCUT2D eigenvalue weighted by Gasteiger charge is 2.19. The van der Waals surface area contributed by atoms with Gasteiger partial charge in [-0.15, -0.1) is 0 Å². The van der Waals surface area contributed by atoms with Crippen molar-refractivity contribution in [3.63, 3.8) is 0 Å². The van der Waals surface area contributed by atoms with Crippen LogP contribution in [0.3, 0.4) is 0 Å². The fraction of sp³-hybridized carbons (Fsp3) is 0.154. The number of nitrogens with one attached hydrogen (secondary N) is 1. The Morgan fingerprint density at radius 2 is 1.43 bits per heavy atom. The molecule has 5 aromatic rings. The number of nitrogens with zero attached hydrogens (tertiary/aromatic N) is 1. The minimum Gasteiger partial charge on any atom is -0.366 e. The first-order valence-electron chi connectivity index (χ1n) is 10.4. The van der Waals surface area contributed by atoms with Crippen LogP contribution in [0.5, 0.6) is 0 Å². The van der Waals surface area contributed by atoms with E-state index < -0.39 is 0 Å². The molecule has 1 aromatic heterocycles. The number of aromatic nitrogens is 2. The smallest absolute Gasteiger partial charge is 0.248 e. The van der Waals surface area contributed by atoms with Crippen molar-refractivity contribution in [2.45, 2.75) is 26.7 Å². The zero-order valence-electron chi connectivity index (χ0n) is 17.1. The van der Waals surface area contributed by atoms with Crippen LogP contribution in [0.4, 0.5) is 0 Å². The molecular formula is C26H23N3O. The van der Waals surface area contributed by atoms with Crippen LogP contribution >= 0.6 is 0 Å². The number of nitrogens with two attached hydrogens (primary N) is 1. The highest BCUT2D eigenvalue weighted by Crippen LogP contribution is 2.36. The van der Waals surface area contributed by atoms with E-state index in [0.717, 1.165) is 57.2 Å². The van der Waals surface area contributed by atoms with E-state index in [4.69, 9.17) is 10.7 Å². The zero-order valence-corrected chi connectivity index (χ0v) is 17.1. The van der Waals surface area contributed by atoms with Gasteiger partial charge < -0.3 is 10.7 Å². The molecule has 0 aliphatic carbocycles. The molecule has 4 aromatic carbocycles. The number of carbonyl (C=O) groups is 1. The number of carbonyl (C=O) groups excluding carboxylic acids is 1. The molecule has 5 rings (SSSR count). The van der Waals surface area contributed by atoms with E-state index >= 15 is 0 Å². The summed E-state index contributed by atoms with van der Waals surface area (Å²) in [5.74, 6) is 0.448. The third kappa shape index (κ3) is 2.61. The molecule has 0 saturated heterocycles. The Bertz CT molecular complexity index is 1370. The molecule has 1 heterocycles. The van der Waals surface area contributed by atoms with E-state index in [1.165, 1.54) is 10.8 Å². The standard InChI is InChI=1S/C26H23N3O/c1-3-15-16(4-2)22(14-13-21(15)25(27)30)26-28-23-19-11-7-5-9-17(19)18-10-6-8-12-20(18)24(23)29-26/h5-14H,3-4H2,1-2H3,(H2,27,30)(H,28,29). The van der Waals surface area contributed by atoms with Crippen molar-refractivity contribution >= 4 is 38.5 Å². The van der Waals surface area contributed by atoms with Crippen molar-refractivity contribution in [1.82, 2.24) is 9.97 Å². The summed E-state index contributed by atoms with van der Waals surface area (Å²) in [6, 6.07) is 20.6. The molecule has 0 aliphatic heterocycles. The number of aromatic amines is 1. The molecule has 0 radical (unpaired) electrons. The quantitative estimate of drug-likeness (QED) is 0.381. The van der Waals surface area contributed by atoms with Crippen LogP contribution in [0.25, 0.3) is 44.0 Å². The molecule has 0 spiro atoms. The number of imidazole rings is 1. The monoisotopic (exact) mass is 393 g/mol. The van der Waals surface area contributed by atoms with E-state index in [1.807, 2.05) is 12.1 Å². The molecule has 0 bridgehead atoms. The summed E-state index contributed by atoms with van der Waals surface area (Å²) >= 11 is 0. The highest BCUT2D eigenvalue weighted by atomic mass is 16.1. The lowest BCUT2D eigenvalue weighted by Gasteiger charge is -2.14. The van der Waals surface area contributed by atoms with Crippen molar-refractivity contribution < 1.29 is 4.79 Å². The molecule has 0 unspecified atom stereocenters. The lowest BCUT2D eigenvalue weighted by atomic mass is 9.92. The van der Waals surface area contributed by atoms with Gasteiger partial charge in [-0.05, 0) is 40.8 Å². The molecule has 0 fully saturated rings. The molecule has 0 aliphatic rings. The van der Waals surface area contributed by atoms with Gasteiger partial charge >= 0.3 is 0 Å². The topological polar surface area (TPSA) is 71.8 Å². The molecule has 30 heavy (non-hydrogen) atoms. The van der Waals surface area contributed by atoms with Crippen LogP contribution in [0.2, 0.25) is 0 Å². The van der Waals surface area contributed by atoms with Gasteiger partial charge in [0.2, 0.25) is 5.91 Å². The van der Waals surface area contributed by atoms with E-state index in [-0.39, 0.29) is 5.91 Å². The third-order valence-electron chi connectivity index (χ3n) is 6.03. The molecule has 3 N–H and O–H groups in total. The van der Waals surface area contributed by atoms with Crippen LogP contribution in [0.1, 0.15) is 35.3 Å². The third-order valence-corrected chi connectivity index (χ3v) is 6.03. The summed E-state index contributed by atoms with van der Waals surface area (Å²) in [4.78, 5) is 20.6. The maximum absolute atomic E-state index is 11.9. The molecule has 4 nitrogen and oxygen atoms in total. The van der Waals surface area contributed by atoms with Gasteiger partial charge in [-0.2, -0.15) is 0 Å². The Morgan fingerprint density at radius 1 is 0.833 bits per heavy atom. The van der Waals surface area contributed by atoms with Gasteiger partial charge in [0.25, 0.3) is 0 Å². The van der Waals surface area contributed by atoms with E-state index in [0.29, 0.717) is 5.56 Å². The van der Waals surface area contributed by atoms with Gasteiger partial charge in [-0.3, -0.25) is 4.79 Å². The van der Waals surface area contributed by atoms with Crippen molar-refractivity contribution in [3.05, 3.63) is 77.4 Å². The van der Waals surface area contributed by atoms with Gasteiger partial charge in [0.15, 0.2) is 0 Å². The number of hydrogen-bond donors (Lipinski definition) is 2. The van der Waals surface area contributed by atoms with E-state index in [2.05, 4.69) is 67.4 Å². The average molecular weight is 393 g/mol. The molecule has 148 valence electrons. The number of fused-ring (bicyclic) bond motifs is 6. The second-order valence-electron chi connectivity index (χ2n) is 7.59. The number of rotatable bonds is 4. The normalized spacial score (nSPS) is 11.5. The zero-order chi connectivity index (χ0) is 20.8. The van der Waals surface area contributed by atoms with Crippen LogP contribution < -0.4 is 5.73 Å². The summed E-state index contributed by atoms with van der Waals surface area (Å²) in [7, 11) is 0. The van der Waals surface area contributed by atoms with Crippen LogP contribution in [0.15, 0.2) is 60.7 Å². The Kier molecular flexibility index (Phi) is 4.28. The van der Waals surface area contributed by atoms with Crippen molar-refractivity contribution in [2.24, 2.45) is 5.73 Å². The summed E-state index contributed by atoms with van der Waals surface area (Å²) in [5.41, 5.74) is 11.4.